The number of ether oxygens (including phenoxy) is 1. The first kappa shape index (κ1) is 21.7. The predicted molar refractivity (Wildman–Crippen MR) is 117 cm³/mol. The second-order valence-corrected chi connectivity index (χ2v) is 7.85. The molecule has 0 bridgehead atoms. The highest BCUT2D eigenvalue weighted by Crippen LogP contribution is 2.43. The Labute approximate surface area is 195 Å². The number of fused-ring (bicyclic) bond motifs is 1. The lowest BCUT2D eigenvalue weighted by molar-refractivity contribution is -0.117. The number of hydrogen-bond acceptors (Lipinski definition) is 6. The molecule has 2 aromatic heterocycles. The molecule has 0 saturated carbocycles. The van der Waals surface area contributed by atoms with Gasteiger partial charge < -0.3 is 18.7 Å². The van der Waals surface area contributed by atoms with Crippen molar-refractivity contribution in [3.8, 4) is 5.75 Å². The summed E-state index contributed by atoms with van der Waals surface area (Å²) in [4.78, 5) is 27.4. The van der Waals surface area contributed by atoms with Crippen LogP contribution in [0.1, 0.15) is 22.4 Å². The summed E-state index contributed by atoms with van der Waals surface area (Å²) >= 11 is 6.08. The lowest BCUT2D eigenvalue weighted by atomic mass is 9.99. The Bertz CT molecular complexity index is 1490. The number of hydrogen-bond donors (Lipinski definition) is 1. The van der Waals surface area contributed by atoms with Gasteiger partial charge in [-0.3, -0.25) is 14.5 Å². The van der Waals surface area contributed by atoms with Crippen molar-refractivity contribution in [1.82, 2.24) is 0 Å². The van der Waals surface area contributed by atoms with Crippen molar-refractivity contribution in [2.45, 2.75) is 6.04 Å². The average molecular weight is 486 g/mol. The molecule has 4 aromatic rings. The molecule has 0 fully saturated rings. The number of halogens is 3. The highest BCUT2D eigenvalue weighted by Gasteiger charge is 2.47. The van der Waals surface area contributed by atoms with Gasteiger partial charge in [-0.05, 0) is 36.4 Å². The fourth-order valence-electron chi connectivity index (χ4n) is 3.96. The third kappa shape index (κ3) is 3.32. The summed E-state index contributed by atoms with van der Waals surface area (Å²) in [6, 6.07) is 8.65. The summed E-state index contributed by atoms with van der Waals surface area (Å²) in [5.41, 5.74) is -0.511. The molecule has 3 heterocycles. The number of ketones is 1. The van der Waals surface area contributed by atoms with Crippen molar-refractivity contribution in [3.63, 3.8) is 0 Å². The quantitative estimate of drug-likeness (QED) is 0.362. The van der Waals surface area contributed by atoms with Gasteiger partial charge in [0, 0.05) is 22.5 Å². The van der Waals surface area contributed by atoms with Crippen molar-refractivity contribution >= 4 is 39.9 Å². The van der Waals surface area contributed by atoms with Crippen LogP contribution in [-0.4, -0.2) is 23.9 Å². The molecule has 1 N–H and O–H groups in total. The van der Waals surface area contributed by atoms with Crippen LogP contribution in [0, 0.1) is 11.6 Å². The summed E-state index contributed by atoms with van der Waals surface area (Å²) in [7, 11) is 1.40. The van der Waals surface area contributed by atoms with Crippen LogP contribution >= 0.6 is 11.6 Å². The highest BCUT2D eigenvalue weighted by molar-refractivity contribution is 6.31. The number of methoxy groups -OCH3 is 1. The predicted octanol–water partition coefficient (Wildman–Crippen LogP) is 5.75. The molecule has 1 aliphatic heterocycles. The van der Waals surface area contributed by atoms with E-state index < -0.39 is 40.7 Å². The van der Waals surface area contributed by atoms with Gasteiger partial charge in [0.25, 0.3) is 5.91 Å². The smallest absolute Gasteiger partial charge is 0.294 e. The number of furan rings is 2. The molecule has 0 spiro atoms. The van der Waals surface area contributed by atoms with Gasteiger partial charge in [-0.15, -0.1) is 0 Å². The van der Waals surface area contributed by atoms with E-state index in [0.717, 1.165) is 17.0 Å². The van der Waals surface area contributed by atoms with E-state index in [9.17, 15) is 23.5 Å². The maximum atomic E-state index is 14.6. The number of carbonyl (C=O) groups excluding carboxylic acids is 2. The zero-order chi connectivity index (χ0) is 24.1. The maximum Gasteiger partial charge on any atom is 0.294 e. The summed E-state index contributed by atoms with van der Waals surface area (Å²) in [6.07, 6.45) is 1.30. The van der Waals surface area contributed by atoms with Gasteiger partial charge in [0.05, 0.1) is 24.6 Å². The summed E-state index contributed by atoms with van der Waals surface area (Å²) in [5, 5.41) is 11.5. The Morgan fingerprint density at radius 2 is 1.97 bits per heavy atom. The number of nitrogens with zero attached hydrogens (tertiary/aromatic N) is 1. The van der Waals surface area contributed by atoms with Crippen LogP contribution in [0.15, 0.2) is 75.0 Å². The molecular weight excluding hydrogens is 472 g/mol. The number of carbonyl (C=O) groups is 2. The molecule has 34 heavy (non-hydrogen) atoms. The fourth-order valence-corrected chi connectivity index (χ4v) is 4.18. The van der Waals surface area contributed by atoms with Crippen LogP contribution in [0.2, 0.25) is 5.02 Å². The number of benzene rings is 2. The number of Topliss-reactive ketones (excluding diaryl/α,β-unsaturated/α-hetero) is 1. The minimum atomic E-state index is -1.34. The summed E-state index contributed by atoms with van der Waals surface area (Å²) < 4.78 is 44.5. The Hall–Kier alpha value is -4.11. The van der Waals surface area contributed by atoms with E-state index in [0.29, 0.717) is 16.5 Å². The molecule has 5 rings (SSSR count). The first-order valence-electron chi connectivity index (χ1n) is 9.87. The molecular formula is C24H14ClF2NO6. The van der Waals surface area contributed by atoms with Crippen molar-refractivity contribution < 1.29 is 37.0 Å². The van der Waals surface area contributed by atoms with Crippen LogP contribution in [0.5, 0.6) is 5.75 Å². The number of aliphatic hydroxyl groups is 1. The summed E-state index contributed by atoms with van der Waals surface area (Å²) in [5.74, 6) is -4.61. The first-order chi connectivity index (χ1) is 16.3. The van der Waals surface area contributed by atoms with Gasteiger partial charge in [-0.1, -0.05) is 11.6 Å². The Morgan fingerprint density at radius 3 is 2.65 bits per heavy atom. The van der Waals surface area contributed by atoms with Crippen molar-refractivity contribution in [1.29, 1.82) is 0 Å². The van der Waals surface area contributed by atoms with Crippen molar-refractivity contribution in [3.05, 3.63) is 94.3 Å². The van der Waals surface area contributed by atoms with E-state index in [1.807, 2.05) is 0 Å². The van der Waals surface area contributed by atoms with Crippen LogP contribution in [0.3, 0.4) is 0 Å². The van der Waals surface area contributed by atoms with Crippen LogP contribution in [0.4, 0.5) is 14.5 Å². The molecule has 1 amide bonds. The maximum absolute atomic E-state index is 14.6. The van der Waals surface area contributed by atoms with E-state index in [1.165, 1.54) is 37.6 Å². The SMILES string of the molecule is COc1cc(Cl)cc2cc(C(=O)C3=C(O)C(=O)N(c4ccc(F)cc4F)C3c3ccco3)oc12. The number of amides is 1. The van der Waals surface area contributed by atoms with Crippen molar-refractivity contribution in [2.24, 2.45) is 0 Å². The van der Waals surface area contributed by atoms with E-state index in [4.69, 9.17) is 25.2 Å². The highest BCUT2D eigenvalue weighted by atomic mass is 35.5. The summed E-state index contributed by atoms with van der Waals surface area (Å²) in [6.45, 7) is 0. The number of anilines is 1. The van der Waals surface area contributed by atoms with Gasteiger partial charge in [-0.2, -0.15) is 0 Å². The number of aliphatic hydroxyl groups excluding tert-OH is 1. The van der Waals surface area contributed by atoms with Crippen LogP contribution < -0.4 is 9.64 Å². The zero-order valence-corrected chi connectivity index (χ0v) is 18.1. The largest absolute Gasteiger partial charge is 0.503 e. The lowest BCUT2D eigenvalue weighted by Crippen LogP contribution is -2.31. The van der Waals surface area contributed by atoms with E-state index in [-0.39, 0.29) is 28.5 Å². The molecule has 0 saturated heterocycles. The molecule has 10 heteroatoms. The molecule has 172 valence electrons. The van der Waals surface area contributed by atoms with E-state index in [1.54, 1.807) is 6.07 Å². The standard InChI is InChI=1S/C24H14ClF2NO6/c1-32-18-9-12(25)7-11-8-17(34-23(11)18)21(29)19-20(16-3-2-6-33-16)28(24(31)22(19)30)15-5-4-13(26)10-14(15)27/h2-10,20,30H,1H3. The number of rotatable bonds is 5. The monoisotopic (exact) mass is 485 g/mol. The minimum Gasteiger partial charge on any atom is -0.503 e. The lowest BCUT2D eigenvalue weighted by Gasteiger charge is -2.25. The topological polar surface area (TPSA) is 93.1 Å². The average Bonchev–Trinajstić information content (AvgIpc) is 3.52. The first-order valence-corrected chi connectivity index (χ1v) is 10.2. The van der Waals surface area contributed by atoms with E-state index in [2.05, 4.69) is 0 Å². The van der Waals surface area contributed by atoms with Gasteiger partial charge in [-0.25, -0.2) is 8.78 Å². The zero-order valence-electron chi connectivity index (χ0n) is 17.3. The van der Waals surface area contributed by atoms with Crippen LogP contribution in [0.25, 0.3) is 11.0 Å². The molecule has 1 atom stereocenters. The fraction of sp³-hybridized carbons (Fsp3) is 0.0833. The van der Waals surface area contributed by atoms with E-state index >= 15 is 0 Å². The van der Waals surface area contributed by atoms with Gasteiger partial charge in [0.2, 0.25) is 5.78 Å². The van der Waals surface area contributed by atoms with Gasteiger partial charge >= 0.3 is 0 Å². The van der Waals surface area contributed by atoms with Crippen LogP contribution in [-0.2, 0) is 4.79 Å². The third-order valence-electron chi connectivity index (χ3n) is 5.43. The third-order valence-corrected chi connectivity index (χ3v) is 5.64. The normalized spacial score (nSPS) is 16.1. The second-order valence-electron chi connectivity index (χ2n) is 7.42. The van der Waals surface area contributed by atoms with Crippen molar-refractivity contribution in [2.75, 3.05) is 12.0 Å². The van der Waals surface area contributed by atoms with Gasteiger partial charge in [0.15, 0.2) is 22.9 Å². The molecule has 7 nitrogen and oxygen atoms in total. The Morgan fingerprint density at radius 1 is 1.18 bits per heavy atom. The second kappa shape index (κ2) is 8.03. The molecule has 1 unspecified atom stereocenters. The molecule has 1 aliphatic rings. The Kier molecular flexibility index (Phi) is 5.13. The Balaban J connectivity index is 1.66. The molecule has 0 aliphatic carbocycles. The molecule has 0 radical (unpaired) electrons. The van der Waals surface area contributed by atoms with Gasteiger partial charge in [0.1, 0.15) is 23.4 Å². The molecule has 2 aromatic carbocycles. The minimum absolute atomic E-state index is 0.0706.